The van der Waals surface area contributed by atoms with Gasteiger partial charge in [-0.15, -0.1) is 0 Å². The molecule has 3 heteroatoms. The number of halogens is 1. The highest BCUT2D eigenvalue weighted by Crippen LogP contribution is 2.25. The highest BCUT2D eigenvalue weighted by molar-refractivity contribution is 6.30. The van der Waals surface area contributed by atoms with Crippen LogP contribution in [0.15, 0.2) is 53.5 Å². The average molecular weight is 271 g/mol. The Balaban J connectivity index is 2.13. The molecule has 0 unspecified atom stereocenters. The van der Waals surface area contributed by atoms with Crippen LogP contribution in [-0.4, -0.2) is 25.8 Å². The van der Waals surface area contributed by atoms with Crippen LogP contribution in [0, 0.1) is 0 Å². The van der Waals surface area contributed by atoms with Crippen molar-refractivity contribution in [2.45, 2.75) is 0 Å². The van der Waals surface area contributed by atoms with Crippen LogP contribution in [0.5, 0.6) is 0 Å². The zero-order valence-corrected chi connectivity index (χ0v) is 11.6. The van der Waals surface area contributed by atoms with Crippen LogP contribution in [0.4, 0.5) is 5.69 Å². The molecule has 1 heterocycles. The molecule has 19 heavy (non-hydrogen) atoms. The highest BCUT2D eigenvalue weighted by atomic mass is 35.5. The van der Waals surface area contributed by atoms with E-state index in [2.05, 4.69) is 36.2 Å². The summed E-state index contributed by atoms with van der Waals surface area (Å²) in [4.78, 5) is 7.00. The SMILES string of the molecule is CN1CCN=C(c2ccc(Cl)cc2)c2ccccc21. The maximum Gasteiger partial charge on any atom is 0.0740 e. The summed E-state index contributed by atoms with van der Waals surface area (Å²) in [7, 11) is 2.11. The lowest BCUT2D eigenvalue weighted by atomic mass is 10.0. The fourth-order valence-electron chi connectivity index (χ4n) is 2.38. The van der Waals surface area contributed by atoms with Crippen LogP contribution < -0.4 is 4.90 Å². The van der Waals surface area contributed by atoms with Crippen molar-refractivity contribution in [1.29, 1.82) is 0 Å². The molecule has 0 atom stereocenters. The number of hydrogen-bond acceptors (Lipinski definition) is 2. The third-order valence-corrected chi connectivity index (χ3v) is 3.65. The van der Waals surface area contributed by atoms with E-state index < -0.39 is 0 Å². The largest absolute Gasteiger partial charge is 0.372 e. The number of para-hydroxylation sites is 1. The molecule has 1 aliphatic heterocycles. The van der Waals surface area contributed by atoms with Crippen molar-refractivity contribution in [3.05, 3.63) is 64.7 Å². The molecule has 2 aromatic rings. The molecule has 0 bridgehead atoms. The van der Waals surface area contributed by atoms with Gasteiger partial charge in [0, 0.05) is 35.4 Å². The quantitative estimate of drug-likeness (QED) is 0.773. The van der Waals surface area contributed by atoms with E-state index in [0.29, 0.717) is 0 Å². The lowest BCUT2D eigenvalue weighted by molar-refractivity contribution is 0.896. The first-order chi connectivity index (χ1) is 9.25. The minimum absolute atomic E-state index is 0.753. The maximum atomic E-state index is 5.96. The van der Waals surface area contributed by atoms with Gasteiger partial charge in [0.2, 0.25) is 0 Å². The van der Waals surface area contributed by atoms with Crippen LogP contribution in [0.2, 0.25) is 5.02 Å². The molecule has 0 aromatic heterocycles. The topological polar surface area (TPSA) is 15.6 Å². The summed E-state index contributed by atoms with van der Waals surface area (Å²) in [5.41, 5.74) is 4.59. The standard InChI is InChI=1S/C16H15ClN2/c1-19-11-10-18-16(12-6-8-13(17)9-7-12)14-4-2-3-5-15(14)19/h2-9H,10-11H2,1H3. The zero-order chi connectivity index (χ0) is 13.2. The normalized spacial score (nSPS) is 14.6. The second kappa shape index (κ2) is 5.06. The molecule has 0 N–H and O–H groups in total. The molecule has 0 radical (unpaired) electrons. The van der Waals surface area contributed by atoms with Crippen molar-refractivity contribution in [2.75, 3.05) is 25.0 Å². The molecular weight excluding hydrogens is 256 g/mol. The van der Waals surface area contributed by atoms with E-state index in [1.165, 1.54) is 11.3 Å². The van der Waals surface area contributed by atoms with E-state index >= 15 is 0 Å². The van der Waals surface area contributed by atoms with E-state index in [-0.39, 0.29) is 0 Å². The number of benzodiazepines with no additional fused rings is 1. The number of fused-ring (bicyclic) bond motifs is 1. The smallest absolute Gasteiger partial charge is 0.0740 e. The number of anilines is 1. The van der Waals surface area contributed by atoms with Gasteiger partial charge in [0.05, 0.1) is 12.3 Å². The fraction of sp³-hybridized carbons (Fsp3) is 0.188. The van der Waals surface area contributed by atoms with Gasteiger partial charge < -0.3 is 4.90 Å². The maximum absolute atomic E-state index is 5.96. The number of hydrogen-bond donors (Lipinski definition) is 0. The second-order valence-corrected chi connectivity index (χ2v) is 5.11. The van der Waals surface area contributed by atoms with Crippen LogP contribution in [0.1, 0.15) is 11.1 Å². The predicted octanol–water partition coefficient (Wildman–Crippen LogP) is 3.63. The Morgan fingerprint density at radius 2 is 1.79 bits per heavy atom. The molecule has 0 amide bonds. The van der Waals surface area contributed by atoms with Crippen LogP contribution in [0.3, 0.4) is 0 Å². The van der Waals surface area contributed by atoms with Gasteiger partial charge in [-0.1, -0.05) is 41.9 Å². The average Bonchev–Trinajstić information content (AvgIpc) is 2.60. The van der Waals surface area contributed by atoms with Crippen molar-refractivity contribution in [2.24, 2.45) is 4.99 Å². The van der Waals surface area contributed by atoms with Crippen molar-refractivity contribution in [3.8, 4) is 0 Å². The summed E-state index contributed by atoms with van der Waals surface area (Å²) in [6.07, 6.45) is 0. The number of nitrogens with zero attached hydrogens (tertiary/aromatic N) is 2. The van der Waals surface area contributed by atoms with Crippen molar-refractivity contribution in [1.82, 2.24) is 0 Å². The number of likely N-dealkylation sites (N-methyl/N-ethyl adjacent to an activating group) is 1. The number of rotatable bonds is 1. The Morgan fingerprint density at radius 3 is 2.58 bits per heavy atom. The Hall–Kier alpha value is -1.80. The Kier molecular flexibility index (Phi) is 3.26. The first-order valence-electron chi connectivity index (χ1n) is 6.36. The minimum atomic E-state index is 0.753. The minimum Gasteiger partial charge on any atom is -0.372 e. The molecule has 1 aliphatic rings. The summed E-state index contributed by atoms with van der Waals surface area (Å²) in [5.74, 6) is 0. The zero-order valence-electron chi connectivity index (χ0n) is 10.8. The molecule has 2 nitrogen and oxygen atoms in total. The van der Waals surface area contributed by atoms with Crippen molar-refractivity contribution >= 4 is 23.0 Å². The van der Waals surface area contributed by atoms with Gasteiger partial charge in [0.25, 0.3) is 0 Å². The van der Waals surface area contributed by atoms with Crippen LogP contribution in [-0.2, 0) is 0 Å². The Labute approximate surface area is 118 Å². The number of benzene rings is 2. The molecule has 96 valence electrons. The van der Waals surface area contributed by atoms with Gasteiger partial charge in [-0.3, -0.25) is 4.99 Å². The number of aliphatic imine (C=N–C) groups is 1. The summed E-state index contributed by atoms with van der Waals surface area (Å²) < 4.78 is 0. The third-order valence-electron chi connectivity index (χ3n) is 3.39. The molecule has 3 rings (SSSR count). The molecule has 0 saturated heterocycles. The Bertz CT molecular complexity index is 617. The monoisotopic (exact) mass is 270 g/mol. The second-order valence-electron chi connectivity index (χ2n) is 4.68. The predicted molar refractivity (Wildman–Crippen MR) is 81.7 cm³/mol. The van der Waals surface area contributed by atoms with Gasteiger partial charge >= 0.3 is 0 Å². The van der Waals surface area contributed by atoms with Gasteiger partial charge in [-0.2, -0.15) is 0 Å². The van der Waals surface area contributed by atoms with Crippen LogP contribution in [0.25, 0.3) is 0 Å². The summed E-state index contributed by atoms with van der Waals surface area (Å²) in [5, 5.41) is 0.753. The van der Waals surface area contributed by atoms with Gasteiger partial charge in [-0.05, 0) is 18.2 Å². The lowest BCUT2D eigenvalue weighted by Gasteiger charge is -2.19. The molecule has 0 aliphatic carbocycles. The van der Waals surface area contributed by atoms with Gasteiger partial charge in [0.15, 0.2) is 0 Å². The van der Waals surface area contributed by atoms with E-state index in [1.807, 2.05) is 24.3 Å². The molecular formula is C16H15ClN2. The molecule has 0 fully saturated rings. The Morgan fingerprint density at radius 1 is 1.05 bits per heavy atom. The van der Waals surface area contributed by atoms with E-state index in [1.54, 1.807) is 0 Å². The van der Waals surface area contributed by atoms with Gasteiger partial charge in [0.1, 0.15) is 0 Å². The molecule has 0 spiro atoms. The van der Waals surface area contributed by atoms with Crippen molar-refractivity contribution < 1.29 is 0 Å². The van der Waals surface area contributed by atoms with Crippen molar-refractivity contribution in [3.63, 3.8) is 0 Å². The van der Waals surface area contributed by atoms with E-state index in [9.17, 15) is 0 Å². The van der Waals surface area contributed by atoms with Crippen LogP contribution >= 0.6 is 11.6 Å². The third kappa shape index (κ3) is 2.36. The molecule has 0 saturated carbocycles. The van der Waals surface area contributed by atoms with Gasteiger partial charge in [-0.25, -0.2) is 0 Å². The first kappa shape index (κ1) is 12.2. The van der Waals surface area contributed by atoms with E-state index in [4.69, 9.17) is 16.6 Å². The fourth-order valence-corrected chi connectivity index (χ4v) is 2.50. The van der Waals surface area contributed by atoms with E-state index in [0.717, 1.165) is 29.4 Å². The highest BCUT2D eigenvalue weighted by Gasteiger charge is 2.16. The lowest BCUT2D eigenvalue weighted by Crippen LogP contribution is -2.20. The first-order valence-corrected chi connectivity index (χ1v) is 6.74. The molecule has 2 aromatic carbocycles. The summed E-state index contributed by atoms with van der Waals surface area (Å²) in [6, 6.07) is 16.3. The summed E-state index contributed by atoms with van der Waals surface area (Å²) >= 11 is 5.96. The summed E-state index contributed by atoms with van der Waals surface area (Å²) in [6.45, 7) is 1.75.